The van der Waals surface area contributed by atoms with Gasteiger partial charge in [-0.1, -0.05) is 12.2 Å². The van der Waals surface area contributed by atoms with E-state index in [-0.39, 0.29) is 5.92 Å². The van der Waals surface area contributed by atoms with E-state index < -0.39 is 6.29 Å². The molecule has 1 fully saturated rings. The molecule has 0 aliphatic heterocycles. The van der Waals surface area contributed by atoms with Crippen molar-refractivity contribution in [2.45, 2.75) is 25.6 Å². The van der Waals surface area contributed by atoms with Crippen LogP contribution in [0.2, 0.25) is 0 Å². The first-order chi connectivity index (χ1) is 5.27. The summed E-state index contributed by atoms with van der Waals surface area (Å²) in [6.07, 6.45) is 6.63. The van der Waals surface area contributed by atoms with E-state index in [0.717, 1.165) is 12.8 Å². The first-order valence-electron chi connectivity index (χ1n) is 4.32. The van der Waals surface area contributed by atoms with Crippen molar-refractivity contribution in [1.82, 2.24) is 0 Å². The highest BCUT2D eigenvalue weighted by Gasteiger charge is 2.35. The average Bonchev–Trinajstić information content (AvgIpc) is 2.06. The van der Waals surface area contributed by atoms with Gasteiger partial charge in [-0.3, -0.25) is 0 Å². The molecule has 3 unspecified atom stereocenters. The summed E-state index contributed by atoms with van der Waals surface area (Å²) in [6.45, 7) is 0. The van der Waals surface area contributed by atoms with Crippen molar-refractivity contribution in [3.63, 3.8) is 0 Å². The van der Waals surface area contributed by atoms with Gasteiger partial charge >= 0.3 is 0 Å². The molecule has 1 saturated carbocycles. The van der Waals surface area contributed by atoms with Crippen LogP contribution in [0.4, 0.5) is 0 Å². The minimum absolute atomic E-state index is 0.110. The topological polar surface area (TPSA) is 40.5 Å². The molecule has 0 saturated heterocycles. The predicted octanol–water partition coefficient (Wildman–Crippen LogP) is 0.899. The summed E-state index contributed by atoms with van der Waals surface area (Å²) < 4.78 is 0. The third kappa shape index (κ3) is 1.21. The van der Waals surface area contributed by atoms with Gasteiger partial charge in [0.15, 0.2) is 6.29 Å². The zero-order chi connectivity index (χ0) is 7.84. The zero-order valence-corrected chi connectivity index (χ0v) is 6.48. The Morgan fingerprint density at radius 1 is 1.18 bits per heavy atom. The molecule has 2 heteroatoms. The van der Waals surface area contributed by atoms with E-state index >= 15 is 0 Å². The smallest absolute Gasteiger partial charge is 0.154 e. The molecule has 0 aromatic rings. The standard InChI is InChI=1S/C9H14O2/c10-9(11)8-5-6-1-3-7(8)4-2-6/h1,3,6-11H,2,4-5H2. The minimum Gasteiger partial charge on any atom is -0.368 e. The van der Waals surface area contributed by atoms with Crippen LogP contribution in [0.1, 0.15) is 19.3 Å². The van der Waals surface area contributed by atoms with Crippen LogP contribution in [0.3, 0.4) is 0 Å². The Kier molecular flexibility index (Phi) is 1.74. The van der Waals surface area contributed by atoms with Gasteiger partial charge in [0.05, 0.1) is 0 Å². The summed E-state index contributed by atoms with van der Waals surface area (Å²) >= 11 is 0. The number of fused-ring (bicyclic) bond motifs is 2. The van der Waals surface area contributed by atoms with Crippen molar-refractivity contribution >= 4 is 0 Å². The lowest BCUT2D eigenvalue weighted by Gasteiger charge is -2.38. The molecule has 3 atom stereocenters. The van der Waals surface area contributed by atoms with E-state index in [9.17, 15) is 0 Å². The lowest BCUT2D eigenvalue weighted by atomic mass is 9.69. The molecule has 62 valence electrons. The first kappa shape index (κ1) is 7.32. The average molecular weight is 154 g/mol. The Morgan fingerprint density at radius 2 is 2.00 bits per heavy atom. The van der Waals surface area contributed by atoms with E-state index in [4.69, 9.17) is 10.2 Å². The van der Waals surface area contributed by atoms with Gasteiger partial charge in [0.2, 0.25) is 0 Å². The predicted molar refractivity (Wildman–Crippen MR) is 41.7 cm³/mol. The molecule has 0 radical (unpaired) electrons. The number of aliphatic hydroxyl groups excluding tert-OH is 1. The second kappa shape index (κ2) is 2.61. The van der Waals surface area contributed by atoms with Gasteiger partial charge < -0.3 is 10.2 Å². The number of rotatable bonds is 1. The minimum atomic E-state index is -1.10. The maximum absolute atomic E-state index is 9.02. The zero-order valence-electron chi connectivity index (χ0n) is 6.48. The molecule has 11 heavy (non-hydrogen) atoms. The number of aliphatic hydroxyl groups is 2. The quantitative estimate of drug-likeness (QED) is 0.435. The van der Waals surface area contributed by atoms with Gasteiger partial charge in [0.25, 0.3) is 0 Å². The fraction of sp³-hybridized carbons (Fsp3) is 0.778. The Labute approximate surface area is 66.5 Å². The van der Waals surface area contributed by atoms with Crippen LogP contribution in [-0.4, -0.2) is 16.5 Å². The van der Waals surface area contributed by atoms with Crippen LogP contribution >= 0.6 is 0 Å². The highest BCUT2D eigenvalue weighted by molar-refractivity contribution is 5.06. The molecule has 0 amide bonds. The molecular weight excluding hydrogens is 140 g/mol. The highest BCUT2D eigenvalue weighted by Crippen LogP contribution is 2.41. The van der Waals surface area contributed by atoms with Gasteiger partial charge in [-0.25, -0.2) is 0 Å². The van der Waals surface area contributed by atoms with Crippen molar-refractivity contribution in [2.75, 3.05) is 0 Å². The van der Waals surface area contributed by atoms with Gasteiger partial charge in [-0.05, 0) is 31.1 Å². The van der Waals surface area contributed by atoms with Crippen LogP contribution in [0.5, 0.6) is 0 Å². The molecule has 0 spiro atoms. The van der Waals surface area contributed by atoms with Crippen molar-refractivity contribution in [1.29, 1.82) is 0 Å². The second-order valence-corrected chi connectivity index (χ2v) is 3.70. The molecule has 2 nitrogen and oxygen atoms in total. The van der Waals surface area contributed by atoms with Crippen molar-refractivity contribution in [3.8, 4) is 0 Å². The van der Waals surface area contributed by atoms with Crippen LogP contribution in [0.25, 0.3) is 0 Å². The summed E-state index contributed by atoms with van der Waals surface area (Å²) in [6, 6.07) is 0. The number of allylic oxidation sites excluding steroid dienone is 2. The van der Waals surface area contributed by atoms with Crippen LogP contribution in [-0.2, 0) is 0 Å². The van der Waals surface area contributed by atoms with Gasteiger partial charge in [-0.2, -0.15) is 0 Å². The molecule has 3 aliphatic carbocycles. The molecule has 0 aromatic heterocycles. The highest BCUT2D eigenvalue weighted by atomic mass is 16.5. The summed E-state index contributed by atoms with van der Waals surface area (Å²) in [5.41, 5.74) is 0. The molecule has 2 N–H and O–H groups in total. The Hall–Kier alpha value is -0.340. The first-order valence-corrected chi connectivity index (χ1v) is 4.32. The normalized spacial score (nSPS) is 41.9. The van der Waals surface area contributed by atoms with Crippen molar-refractivity contribution in [2.24, 2.45) is 17.8 Å². The lowest BCUT2D eigenvalue weighted by molar-refractivity contribution is -0.110. The van der Waals surface area contributed by atoms with E-state index in [0.29, 0.717) is 11.8 Å². The summed E-state index contributed by atoms with van der Waals surface area (Å²) in [5, 5.41) is 18.0. The van der Waals surface area contributed by atoms with Crippen molar-refractivity contribution < 1.29 is 10.2 Å². The third-order valence-corrected chi connectivity index (χ3v) is 3.01. The number of hydrogen-bond donors (Lipinski definition) is 2. The van der Waals surface area contributed by atoms with Crippen LogP contribution < -0.4 is 0 Å². The summed E-state index contributed by atoms with van der Waals surface area (Å²) in [7, 11) is 0. The molecule has 3 rings (SSSR count). The monoisotopic (exact) mass is 154 g/mol. The third-order valence-electron chi connectivity index (χ3n) is 3.01. The molecule has 0 aromatic carbocycles. The fourth-order valence-corrected chi connectivity index (χ4v) is 2.32. The van der Waals surface area contributed by atoms with E-state index in [1.54, 1.807) is 0 Å². The lowest BCUT2D eigenvalue weighted by Crippen LogP contribution is -2.35. The summed E-state index contributed by atoms with van der Waals surface area (Å²) in [4.78, 5) is 0. The van der Waals surface area contributed by atoms with Gasteiger partial charge in [0, 0.05) is 5.92 Å². The Balaban J connectivity index is 2.11. The van der Waals surface area contributed by atoms with E-state index in [2.05, 4.69) is 12.2 Å². The molecule has 3 aliphatic rings. The molecular formula is C9H14O2. The Bertz CT molecular complexity index is 174. The molecule has 0 heterocycles. The van der Waals surface area contributed by atoms with E-state index in [1.165, 1.54) is 6.42 Å². The van der Waals surface area contributed by atoms with E-state index in [1.807, 2.05) is 0 Å². The summed E-state index contributed by atoms with van der Waals surface area (Å²) in [5.74, 6) is 1.16. The number of hydrogen-bond acceptors (Lipinski definition) is 2. The largest absolute Gasteiger partial charge is 0.368 e. The van der Waals surface area contributed by atoms with Crippen LogP contribution in [0, 0.1) is 17.8 Å². The fourth-order valence-electron chi connectivity index (χ4n) is 2.32. The van der Waals surface area contributed by atoms with Crippen LogP contribution in [0.15, 0.2) is 12.2 Å². The Morgan fingerprint density at radius 3 is 2.27 bits per heavy atom. The van der Waals surface area contributed by atoms with Gasteiger partial charge in [0.1, 0.15) is 0 Å². The second-order valence-electron chi connectivity index (χ2n) is 3.70. The maximum atomic E-state index is 9.02. The maximum Gasteiger partial charge on any atom is 0.154 e. The SMILES string of the molecule is OC(O)C1CC2C=CC1CC2. The van der Waals surface area contributed by atoms with Gasteiger partial charge in [-0.15, -0.1) is 0 Å². The van der Waals surface area contributed by atoms with Crippen molar-refractivity contribution in [3.05, 3.63) is 12.2 Å². The molecule has 2 bridgehead atoms.